The third kappa shape index (κ3) is 2.72. The van der Waals surface area contributed by atoms with Gasteiger partial charge in [0.2, 0.25) is 0 Å². The number of halogens is 1. The molecule has 0 saturated carbocycles. The Kier molecular flexibility index (Phi) is 3.47. The molecule has 0 aliphatic rings. The Morgan fingerprint density at radius 2 is 1.92 bits per heavy atom. The molecule has 0 atom stereocenters. The second-order valence-electron chi connectivity index (χ2n) is 4.97. The van der Waals surface area contributed by atoms with Gasteiger partial charge in [-0.05, 0) is 28.6 Å². The third-order valence-corrected chi connectivity index (χ3v) is 3.39. The molecule has 2 N–H and O–H groups in total. The number of rotatable bonds is 4. The quantitative estimate of drug-likeness (QED) is 0.598. The fraction of sp³-hybridized carbons (Fsp3) is 0. The van der Waals surface area contributed by atoms with E-state index in [1.807, 2.05) is 24.3 Å². The highest BCUT2D eigenvalue weighted by Crippen LogP contribution is 2.27. The van der Waals surface area contributed by atoms with Crippen LogP contribution in [0, 0.1) is 5.82 Å². The second kappa shape index (κ2) is 5.92. The molecule has 0 aliphatic heterocycles. The average Bonchev–Trinajstić information content (AvgIpc) is 3.29. The number of aromatic amines is 1. The minimum atomic E-state index is -0.378. The minimum absolute atomic E-state index is 0.210. The molecule has 2 aromatic carbocycles. The van der Waals surface area contributed by atoms with Crippen molar-refractivity contribution >= 4 is 11.7 Å². The number of nitrogens with one attached hydrogen (secondary N) is 2. The predicted molar refractivity (Wildman–Crippen MR) is 84.8 cm³/mol. The van der Waals surface area contributed by atoms with Crippen molar-refractivity contribution in [3.05, 3.63) is 60.5 Å². The van der Waals surface area contributed by atoms with Crippen LogP contribution in [0.3, 0.4) is 0 Å². The van der Waals surface area contributed by atoms with Gasteiger partial charge in [-0.3, -0.25) is 0 Å². The van der Waals surface area contributed by atoms with Crippen molar-refractivity contribution < 1.29 is 8.81 Å². The highest BCUT2D eigenvalue weighted by molar-refractivity contribution is 5.67. The van der Waals surface area contributed by atoms with E-state index in [0.717, 1.165) is 11.1 Å². The topological polar surface area (TPSA) is 92.5 Å². The monoisotopic (exact) mass is 322 g/mol. The largest absolute Gasteiger partial charge is 0.423 e. The van der Waals surface area contributed by atoms with Gasteiger partial charge in [0.25, 0.3) is 6.01 Å². The fourth-order valence-corrected chi connectivity index (χ4v) is 2.24. The lowest BCUT2D eigenvalue weighted by molar-refractivity contribution is 0.587. The number of hydrogen-bond donors (Lipinski definition) is 2. The van der Waals surface area contributed by atoms with Crippen molar-refractivity contribution in [2.75, 3.05) is 5.32 Å². The van der Waals surface area contributed by atoms with E-state index < -0.39 is 0 Å². The Hall–Kier alpha value is -3.55. The molecule has 0 bridgehead atoms. The lowest BCUT2D eigenvalue weighted by Gasteiger charge is -2.02. The summed E-state index contributed by atoms with van der Waals surface area (Å²) in [5, 5.41) is 16.5. The van der Waals surface area contributed by atoms with Crippen molar-refractivity contribution in [1.29, 1.82) is 0 Å². The zero-order valence-corrected chi connectivity index (χ0v) is 12.3. The zero-order chi connectivity index (χ0) is 16.4. The maximum absolute atomic E-state index is 13.7. The first-order chi connectivity index (χ1) is 11.8. The number of benzene rings is 2. The van der Waals surface area contributed by atoms with Crippen LogP contribution < -0.4 is 5.32 Å². The number of hydrogen-bond acceptors (Lipinski definition) is 6. The molecule has 118 valence electrons. The molecule has 4 aromatic rings. The molecular weight excluding hydrogens is 311 g/mol. The summed E-state index contributed by atoms with van der Waals surface area (Å²) in [5.41, 5.74) is 1.92. The van der Waals surface area contributed by atoms with Crippen molar-refractivity contribution in [2.45, 2.75) is 0 Å². The number of H-pyrrole nitrogens is 1. The van der Waals surface area contributed by atoms with Crippen LogP contribution in [-0.2, 0) is 0 Å². The molecule has 2 heterocycles. The van der Waals surface area contributed by atoms with Gasteiger partial charge >= 0.3 is 0 Å². The summed E-state index contributed by atoms with van der Waals surface area (Å²) in [6, 6.07) is 14.0. The lowest BCUT2D eigenvalue weighted by Crippen LogP contribution is -1.92. The van der Waals surface area contributed by atoms with E-state index in [4.69, 9.17) is 4.42 Å². The minimum Gasteiger partial charge on any atom is -0.423 e. The van der Waals surface area contributed by atoms with E-state index in [1.54, 1.807) is 24.4 Å². The number of oxazole rings is 1. The van der Waals surface area contributed by atoms with E-state index in [0.29, 0.717) is 17.3 Å². The smallest absolute Gasteiger partial charge is 0.299 e. The van der Waals surface area contributed by atoms with Gasteiger partial charge in [-0.2, -0.15) is 0 Å². The predicted octanol–water partition coefficient (Wildman–Crippen LogP) is 3.40. The molecular formula is C16H11FN6O. The van der Waals surface area contributed by atoms with Crippen LogP contribution in [0.4, 0.5) is 16.1 Å². The second-order valence-corrected chi connectivity index (χ2v) is 4.97. The van der Waals surface area contributed by atoms with Gasteiger partial charge in [-0.1, -0.05) is 30.3 Å². The van der Waals surface area contributed by atoms with E-state index in [-0.39, 0.29) is 11.8 Å². The fourth-order valence-electron chi connectivity index (χ4n) is 2.24. The summed E-state index contributed by atoms with van der Waals surface area (Å²) < 4.78 is 19.3. The Bertz CT molecular complexity index is 966. The van der Waals surface area contributed by atoms with Gasteiger partial charge in [-0.15, -0.1) is 5.10 Å². The number of aromatic nitrogens is 5. The van der Waals surface area contributed by atoms with Crippen molar-refractivity contribution in [3.63, 3.8) is 0 Å². The lowest BCUT2D eigenvalue weighted by atomic mass is 10.1. The Morgan fingerprint density at radius 3 is 2.75 bits per heavy atom. The first kappa shape index (κ1) is 14.1. The maximum Gasteiger partial charge on any atom is 0.299 e. The Balaban J connectivity index is 1.61. The summed E-state index contributed by atoms with van der Waals surface area (Å²) >= 11 is 0. The van der Waals surface area contributed by atoms with Crippen LogP contribution in [0.1, 0.15) is 0 Å². The first-order valence-corrected chi connectivity index (χ1v) is 7.11. The van der Waals surface area contributed by atoms with Gasteiger partial charge in [0.05, 0.1) is 11.9 Å². The van der Waals surface area contributed by atoms with Crippen molar-refractivity contribution in [1.82, 2.24) is 25.6 Å². The molecule has 0 saturated heterocycles. The normalized spacial score (nSPS) is 10.7. The highest BCUT2D eigenvalue weighted by atomic mass is 19.1. The molecule has 4 rings (SSSR count). The number of anilines is 2. The molecule has 0 radical (unpaired) electrons. The van der Waals surface area contributed by atoms with E-state index in [2.05, 4.69) is 30.9 Å². The van der Waals surface area contributed by atoms with Crippen LogP contribution in [0.5, 0.6) is 0 Å². The highest BCUT2D eigenvalue weighted by Gasteiger charge is 2.10. The number of nitrogens with zero attached hydrogens (tertiary/aromatic N) is 4. The maximum atomic E-state index is 13.7. The van der Waals surface area contributed by atoms with Gasteiger partial charge in [-0.25, -0.2) is 14.5 Å². The molecule has 24 heavy (non-hydrogen) atoms. The van der Waals surface area contributed by atoms with Crippen LogP contribution in [0.15, 0.2) is 59.1 Å². The SMILES string of the molecule is Fc1ccccc1Nc1ncc(-c2cccc(-c3nnn[nH]3)c2)o1. The van der Waals surface area contributed by atoms with Gasteiger partial charge in [0.1, 0.15) is 5.82 Å². The molecule has 0 spiro atoms. The summed E-state index contributed by atoms with van der Waals surface area (Å²) in [7, 11) is 0. The molecule has 0 unspecified atom stereocenters. The molecule has 0 aliphatic carbocycles. The van der Waals surface area contributed by atoms with E-state index >= 15 is 0 Å². The van der Waals surface area contributed by atoms with Crippen LogP contribution in [-0.4, -0.2) is 25.6 Å². The van der Waals surface area contributed by atoms with Gasteiger partial charge < -0.3 is 9.73 Å². The molecule has 8 heteroatoms. The number of tetrazole rings is 1. The summed E-state index contributed by atoms with van der Waals surface area (Å²) in [6.07, 6.45) is 1.57. The Labute approximate surface area is 135 Å². The standard InChI is InChI=1S/C16H11FN6O/c17-12-6-1-2-7-13(12)19-16-18-9-14(24-16)10-4-3-5-11(8-10)15-20-22-23-21-15/h1-9H,(H,18,19)(H,20,21,22,23). The first-order valence-electron chi connectivity index (χ1n) is 7.11. The third-order valence-electron chi connectivity index (χ3n) is 3.39. The summed E-state index contributed by atoms with van der Waals surface area (Å²) in [5.74, 6) is 0.723. The summed E-state index contributed by atoms with van der Waals surface area (Å²) in [4.78, 5) is 4.13. The number of para-hydroxylation sites is 1. The van der Waals surface area contributed by atoms with E-state index in [9.17, 15) is 4.39 Å². The van der Waals surface area contributed by atoms with Crippen LogP contribution >= 0.6 is 0 Å². The van der Waals surface area contributed by atoms with Gasteiger partial charge in [0, 0.05) is 11.1 Å². The average molecular weight is 322 g/mol. The Morgan fingerprint density at radius 1 is 1.04 bits per heavy atom. The van der Waals surface area contributed by atoms with Crippen LogP contribution in [0.2, 0.25) is 0 Å². The molecule has 2 aromatic heterocycles. The van der Waals surface area contributed by atoms with Crippen molar-refractivity contribution in [2.24, 2.45) is 0 Å². The van der Waals surface area contributed by atoms with Gasteiger partial charge in [0.15, 0.2) is 11.6 Å². The summed E-state index contributed by atoms with van der Waals surface area (Å²) in [6.45, 7) is 0. The van der Waals surface area contributed by atoms with Crippen molar-refractivity contribution in [3.8, 4) is 22.7 Å². The molecule has 0 amide bonds. The van der Waals surface area contributed by atoms with Crippen LogP contribution in [0.25, 0.3) is 22.7 Å². The zero-order valence-electron chi connectivity index (χ0n) is 12.3. The molecule has 0 fully saturated rings. The van der Waals surface area contributed by atoms with E-state index in [1.165, 1.54) is 6.07 Å². The molecule has 7 nitrogen and oxygen atoms in total.